The third kappa shape index (κ3) is 4.00. The quantitative estimate of drug-likeness (QED) is 0.157. The molecule has 0 saturated carbocycles. The number of rotatable bonds is 2. The van der Waals surface area contributed by atoms with E-state index in [4.69, 9.17) is 0 Å². The van der Waals surface area contributed by atoms with E-state index < -0.39 is 0 Å². The molecule has 0 spiro atoms. The van der Waals surface area contributed by atoms with Crippen molar-refractivity contribution in [3.63, 3.8) is 0 Å². The zero-order valence-corrected chi connectivity index (χ0v) is 31.0. The standard InChI is InChI=1S/C51H32S2/c1-51(2)41-24-22-37-36(23-26-46-50(37)39-16-8-10-18-44(39)53-46)49(41)38-21-19-30(28-42(38)51)48-34-14-5-3-12-32(34)47(33-13-4-6-15-35(33)48)29-20-25-45-40(27-29)31-11-7-9-17-43(31)52-45/h3-28H,1-2H3. The highest BCUT2D eigenvalue weighted by atomic mass is 32.1. The molecule has 9 aromatic carbocycles. The van der Waals surface area contributed by atoms with Gasteiger partial charge in [-0.25, -0.2) is 0 Å². The molecule has 0 saturated heterocycles. The molecule has 12 rings (SSSR count). The first-order valence-electron chi connectivity index (χ1n) is 18.4. The van der Waals surface area contributed by atoms with E-state index in [9.17, 15) is 0 Å². The lowest BCUT2D eigenvalue weighted by atomic mass is 9.80. The van der Waals surface area contributed by atoms with Crippen molar-refractivity contribution in [1.29, 1.82) is 0 Å². The molecule has 0 unspecified atom stereocenters. The Bertz CT molecular complexity index is 3310. The first kappa shape index (κ1) is 29.7. The molecule has 0 aliphatic heterocycles. The van der Waals surface area contributed by atoms with Gasteiger partial charge in [0, 0.05) is 45.8 Å². The van der Waals surface area contributed by atoms with Crippen molar-refractivity contribution in [2.24, 2.45) is 0 Å². The van der Waals surface area contributed by atoms with Gasteiger partial charge in [-0.05, 0) is 113 Å². The summed E-state index contributed by atoms with van der Waals surface area (Å²) in [6.07, 6.45) is 0. The zero-order chi connectivity index (χ0) is 35.0. The fraction of sp³-hybridized carbons (Fsp3) is 0.0588. The first-order valence-corrected chi connectivity index (χ1v) is 20.1. The lowest BCUT2D eigenvalue weighted by Gasteiger charge is -2.23. The van der Waals surface area contributed by atoms with Crippen LogP contribution in [-0.4, -0.2) is 0 Å². The second kappa shape index (κ2) is 10.6. The zero-order valence-electron chi connectivity index (χ0n) is 29.3. The van der Waals surface area contributed by atoms with E-state index in [-0.39, 0.29) is 5.41 Å². The largest absolute Gasteiger partial charge is 0.135 e. The molecule has 0 atom stereocenters. The van der Waals surface area contributed by atoms with Gasteiger partial charge in [-0.1, -0.05) is 135 Å². The molecule has 0 nitrogen and oxygen atoms in total. The van der Waals surface area contributed by atoms with Gasteiger partial charge in [0.2, 0.25) is 0 Å². The number of benzene rings is 9. The Morgan fingerprint density at radius 1 is 0.340 bits per heavy atom. The number of thiophene rings is 2. The van der Waals surface area contributed by atoms with Gasteiger partial charge in [0.1, 0.15) is 0 Å². The summed E-state index contributed by atoms with van der Waals surface area (Å²) < 4.78 is 5.39. The molecule has 2 aromatic heterocycles. The summed E-state index contributed by atoms with van der Waals surface area (Å²) in [5.74, 6) is 0. The van der Waals surface area contributed by atoms with Gasteiger partial charge in [0.25, 0.3) is 0 Å². The van der Waals surface area contributed by atoms with Crippen LogP contribution in [0.4, 0.5) is 0 Å². The topological polar surface area (TPSA) is 0 Å². The molecule has 2 heterocycles. The Hall–Kier alpha value is -5.80. The third-order valence-corrected chi connectivity index (χ3v) is 14.3. The van der Waals surface area contributed by atoms with Crippen LogP contribution in [0.5, 0.6) is 0 Å². The number of hydrogen-bond donors (Lipinski definition) is 0. The van der Waals surface area contributed by atoms with E-state index >= 15 is 0 Å². The van der Waals surface area contributed by atoms with E-state index in [0.717, 1.165) is 0 Å². The highest BCUT2D eigenvalue weighted by molar-refractivity contribution is 7.26. The van der Waals surface area contributed by atoms with Crippen LogP contribution >= 0.6 is 22.7 Å². The molecule has 0 radical (unpaired) electrons. The Morgan fingerprint density at radius 2 is 0.830 bits per heavy atom. The first-order chi connectivity index (χ1) is 26.0. The summed E-state index contributed by atoms with van der Waals surface area (Å²) in [4.78, 5) is 0. The Balaban J connectivity index is 1.10. The second-order valence-corrected chi connectivity index (χ2v) is 17.3. The van der Waals surface area contributed by atoms with Crippen molar-refractivity contribution in [2.45, 2.75) is 19.3 Å². The molecule has 0 N–H and O–H groups in total. The molecule has 1 aliphatic carbocycles. The fourth-order valence-electron chi connectivity index (χ4n) is 9.65. The van der Waals surface area contributed by atoms with E-state index in [1.807, 2.05) is 22.7 Å². The summed E-state index contributed by atoms with van der Waals surface area (Å²) in [5.41, 5.74) is 10.6. The lowest BCUT2D eigenvalue weighted by molar-refractivity contribution is 0.661. The monoisotopic (exact) mass is 708 g/mol. The molecular formula is C51H32S2. The molecule has 0 amide bonds. The average Bonchev–Trinajstić information content (AvgIpc) is 3.84. The predicted molar refractivity (Wildman–Crippen MR) is 233 cm³/mol. The normalized spacial score (nSPS) is 13.6. The third-order valence-electron chi connectivity index (χ3n) is 12.1. The van der Waals surface area contributed by atoms with Crippen LogP contribution in [0.1, 0.15) is 25.0 Å². The summed E-state index contributed by atoms with van der Waals surface area (Å²) in [6, 6.07) is 59.7. The Labute approximate surface area is 315 Å². The lowest BCUT2D eigenvalue weighted by Crippen LogP contribution is -2.15. The van der Waals surface area contributed by atoms with Crippen molar-refractivity contribution in [2.75, 3.05) is 0 Å². The molecule has 1 aliphatic rings. The Morgan fingerprint density at radius 3 is 1.53 bits per heavy atom. The summed E-state index contributed by atoms with van der Waals surface area (Å²) >= 11 is 3.78. The molecule has 0 bridgehead atoms. The van der Waals surface area contributed by atoms with Gasteiger partial charge in [-0.15, -0.1) is 22.7 Å². The van der Waals surface area contributed by atoms with Crippen LogP contribution in [0.25, 0.3) is 106 Å². The van der Waals surface area contributed by atoms with Crippen molar-refractivity contribution < 1.29 is 0 Å². The molecule has 11 aromatic rings. The summed E-state index contributed by atoms with van der Waals surface area (Å²) in [7, 11) is 0. The van der Waals surface area contributed by atoms with Crippen LogP contribution in [0.15, 0.2) is 158 Å². The van der Waals surface area contributed by atoms with Gasteiger partial charge < -0.3 is 0 Å². The van der Waals surface area contributed by atoms with Crippen molar-refractivity contribution >= 4 is 95.3 Å². The predicted octanol–water partition coefficient (Wildman–Crippen LogP) is 15.5. The van der Waals surface area contributed by atoms with E-state index in [1.165, 1.54) is 117 Å². The van der Waals surface area contributed by atoms with Crippen LogP contribution < -0.4 is 0 Å². The number of hydrogen-bond acceptors (Lipinski definition) is 2. The molecule has 2 heteroatoms. The maximum Gasteiger partial charge on any atom is 0.0361 e. The molecular weight excluding hydrogens is 677 g/mol. The van der Waals surface area contributed by atoms with Crippen LogP contribution in [0.2, 0.25) is 0 Å². The van der Waals surface area contributed by atoms with Crippen molar-refractivity contribution in [3.8, 4) is 33.4 Å². The van der Waals surface area contributed by atoms with Crippen molar-refractivity contribution in [3.05, 3.63) is 169 Å². The van der Waals surface area contributed by atoms with Crippen molar-refractivity contribution in [1.82, 2.24) is 0 Å². The molecule has 0 fully saturated rings. The second-order valence-electron chi connectivity index (χ2n) is 15.2. The van der Waals surface area contributed by atoms with Gasteiger partial charge in [0.05, 0.1) is 0 Å². The van der Waals surface area contributed by atoms with E-state index in [2.05, 4.69) is 172 Å². The van der Waals surface area contributed by atoms with E-state index in [0.29, 0.717) is 0 Å². The van der Waals surface area contributed by atoms with Crippen LogP contribution in [-0.2, 0) is 5.41 Å². The maximum atomic E-state index is 2.51. The van der Waals surface area contributed by atoms with Gasteiger partial charge in [0.15, 0.2) is 0 Å². The smallest absolute Gasteiger partial charge is 0.0361 e. The highest BCUT2D eigenvalue weighted by Gasteiger charge is 2.37. The Kier molecular flexibility index (Phi) is 5.97. The average molecular weight is 709 g/mol. The minimum Gasteiger partial charge on any atom is -0.135 e. The maximum absolute atomic E-state index is 2.51. The fourth-order valence-corrected chi connectivity index (χ4v) is 11.9. The molecule has 248 valence electrons. The molecule has 53 heavy (non-hydrogen) atoms. The van der Waals surface area contributed by atoms with Gasteiger partial charge >= 0.3 is 0 Å². The van der Waals surface area contributed by atoms with Crippen LogP contribution in [0, 0.1) is 0 Å². The van der Waals surface area contributed by atoms with Gasteiger partial charge in [-0.2, -0.15) is 0 Å². The van der Waals surface area contributed by atoms with Crippen LogP contribution in [0.3, 0.4) is 0 Å². The minimum absolute atomic E-state index is 0.134. The van der Waals surface area contributed by atoms with E-state index in [1.54, 1.807) is 0 Å². The number of fused-ring (bicyclic) bond motifs is 14. The summed E-state index contributed by atoms with van der Waals surface area (Å²) in [5, 5.41) is 13.3. The minimum atomic E-state index is -0.134. The summed E-state index contributed by atoms with van der Waals surface area (Å²) in [6.45, 7) is 4.82. The van der Waals surface area contributed by atoms with Gasteiger partial charge in [-0.3, -0.25) is 0 Å². The SMILES string of the molecule is CC1(C)c2cc(-c3c4ccccc4c(-c4ccc5sc6ccccc6c5c4)c4ccccc34)ccc2-c2c1ccc1c2ccc2sc3ccccc3c21. The highest BCUT2D eigenvalue weighted by Crippen LogP contribution is 2.54.